The maximum atomic E-state index is 12.8. The van der Waals surface area contributed by atoms with Crippen LogP contribution in [0.4, 0.5) is 5.69 Å². The molecule has 0 aromatic heterocycles. The topological polar surface area (TPSA) is 146 Å². The monoisotopic (exact) mass is 607 g/mol. The second kappa shape index (κ2) is 13.9. The average molecular weight is 608 g/mol. The molecule has 0 saturated carbocycles. The van der Waals surface area contributed by atoms with E-state index < -0.39 is 29.4 Å². The van der Waals surface area contributed by atoms with Crippen molar-refractivity contribution in [3.8, 4) is 17.2 Å². The Hall–Kier alpha value is -5.26. The molecule has 212 valence electrons. The molecule has 0 fully saturated rings. The van der Waals surface area contributed by atoms with E-state index in [9.17, 15) is 24.5 Å². The van der Waals surface area contributed by atoms with E-state index in [0.717, 1.165) is 0 Å². The number of carbonyl (C=O) groups excluding carboxylic acids is 3. The number of hydrogen-bond acceptors (Lipinski definition) is 9. The number of rotatable bonds is 10. The van der Waals surface area contributed by atoms with Crippen LogP contribution in [0.15, 0.2) is 96.1 Å². The van der Waals surface area contributed by atoms with Crippen molar-refractivity contribution in [3.05, 3.63) is 128 Å². The summed E-state index contributed by atoms with van der Waals surface area (Å²) in [5.74, 6) is -1.70. The Balaban J connectivity index is 1.46. The number of hydrogen-bond donors (Lipinski definition) is 1. The molecule has 0 unspecified atom stereocenters. The number of carbonyl (C=O) groups is 3. The molecule has 1 N–H and O–H groups in total. The predicted octanol–water partition coefficient (Wildman–Crippen LogP) is 5.87. The summed E-state index contributed by atoms with van der Waals surface area (Å²) in [6.45, 7) is -0.423. The molecule has 0 atom stereocenters. The molecule has 0 bridgehead atoms. The van der Waals surface area contributed by atoms with Crippen molar-refractivity contribution in [2.24, 2.45) is 5.10 Å². The number of ether oxygens (including phenoxy) is 3. The number of non-ortho nitro benzene ring substituents is 1. The van der Waals surface area contributed by atoms with Crippen molar-refractivity contribution < 1.29 is 33.5 Å². The first-order valence-electron chi connectivity index (χ1n) is 12.0. The van der Waals surface area contributed by atoms with Crippen LogP contribution >= 0.6 is 23.2 Å². The number of nitro benzene ring substituents is 1. The van der Waals surface area contributed by atoms with Crippen molar-refractivity contribution in [1.29, 1.82) is 0 Å². The Labute approximate surface area is 248 Å². The van der Waals surface area contributed by atoms with Crippen LogP contribution in [0.25, 0.3) is 0 Å². The maximum absolute atomic E-state index is 12.8. The van der Waals surface area contributed by atoms with Gasteiger partial charge in [-0.25, -0.2) is 15.0 Å². The standard InChI is InChI=1S/C29H19Cl2N3O8/c30-21-6-1-18(2-7-21)28(36)41-25-12-5-20(26(15-25)42-29(37)19-3-8-22(31)9-4-19)16-32-33-27(35)17-40-24-13-10-23(11-14-24)34(38)39/h1-16H,17H2,(H,33,35). The third-order valence-electron chi connectivity index (χ3n) is 5.37. The molecular formula is C29H19Cl2N3O8. The molecule has 0 aliphatic heterocycles. The Bertz CT molecular complexity index is 1640. The first-order chi connectivity index (χ1) is 20.2. The SMILES string of the molecule is O=C(COc1ccc([N+](=O)[O-])cc1)NN=Cc1ccc(OC(=O)c2ccc(Cl)cc2)cc1OC(=O)c1ccc(Cl)cc1. The van der Waals surface area contributed by atoms with Crippen LogP contribution in [0.5, 0.6) is 17.2 Å². The van der Waals surface area contributed by atoms with Gasteiger partial charge in [-0.2, -0.15) is 5.10 Å². The second-order valence-corrected chi connectivity index (χ2v) is 9.20. The Morgan fingerprint density at radius 1 is 0.786 bits per heavy atom. The minimum Gasteiger partial charge on any atom is -0.484 e. The van der Waals surface area contributed by atoms with Crippen LogP contribution in [0.1, 0.15) is 26.3 Å². The lowest BCUT2D eigenvalue weighted by Crippen LogP contribution is -2.24. The molecule has 0 spiro atoms. The highest BCUT2D eigenvalue weighted by Crippen LogP contribution is 2.26. The summed E-state index contributed by atoms with van der Waals surface area (Å²) in [5, 5.41) is 15.5. The molecule has 11 nitrogen and oxygen atoms in total. The molecule has 1 amide bonds. The molecule has 4 aromatic rings. The van der Waals surface area contributed by atoms with Gasteiger partial charge in [0, 0.05) is 33.8 Å². The lowest BCUT2D eigenvalue weighted by atomic mass is 10.2. The number of nitro groups is 1. The van der Waals surface area contributed by atoms with Crippen molar-refractivity contribution in [3.63, 3.8) is 0 Å². The van der Waals surface area contributed by atoms with Gasteiger partial charge >= 0.3 is 11.9 Å². The van der Waals surface area contributed by atoms with E-state index >= 15 is 0 Å². The van der Waals surface area contributed by atoms with E-state index in [-0.39, 0.29) is 39.6 Å². The fourth-order valence-electron chi connectivity index (χ4n) is 3.29. The van der Waals surface area contributed by atoms with Gasteiger partial charge in [-0.15, -0.1) is 0 Å². The van der Waals surface area contributed by atoms with Gasteiger partial charge in [0.15, 0.2) is 6.61 Å². The van der Waals surface area contributed by atoms with Crippen molar-refractivity contribution in [2.75, 3.05) is 6.61 Å². The van der Waals surface area contributed by atoms with Gasteiger partial charge in [-0.1, -0.05) is 23.2 Å². The molecule has 0 heterocycles. The van der Waals surface area contributed by atoms with Crippen LogP contribution in [0, 0.1) is 10.1 Å². The normalized spacial score (nSPS) is 10.6. The molecule has 13 heteroatoms. The maximum Gasteiger partial charge on any atom is 0.343 e. The summed E-state index contributed by atoms with van der Waals surface area (Å²) >= 11 is 11.8. The summed E-state index contributed by atoms with van der Waals surface area (Å²) < 4.78 is 16.2. The third-order valence-corrected chi connectivity index (χ3v) is 5.87. The van der Waals surface area contributed by atoms with E-state index in [1.807, 2.05) is 0 Å². The first kappa shape index (κ1) is 29.7. The number of nitrogens with one attached hydrogen (secondary N) is 1. The zero-order valence-corrected chi connectivity index (χ0v) is 22.9. The summed E-state index contributed by atoms with van der Waals surface area (Å²) in [5.41, 5.74) is 2.88. The van der Waals surface area contributed by atoms with E-state index in [4.69, 9.17) is 37.4 Å². The minimum absolute atomic E-state index is 0.0171. The highest BCUT2D eigenvalue weighted by Gasteiger charge is 2.15. The van der Waals surface area contributed by atoms with Crippen LogP contribution in [0.3, 0.4) is 0 Å². The number of benzene rings is 4. The van der Waals surface area contributed by atoms with E-state index in [1.165, 1.54) is 85.1 Å². The predicted molar refractivity (Wildman–Crippen MR) is 154 cm³/mol. The number of esters is 2. The molecule has 4 rings (SSSR count). The number of hydrazone groups is 1. The van der Waals surface area contributed by atoms with Crippen molar-refractivity contribution in [1.82, 2.24) is 5.43 Å². The van der Waals surface area contributed by atoms with Crippen molar-refractivity contribution in [2.45, 2.75) is 0 Å². The van der Waals surface area contributed by atoms with Crippen LogP contribution in [-0.2, 0) is 4.79 Å². The zero-order chi connectivity index (χ0) is 30.1. The summed E-state index contributed by atoms with van der Waals surface area (Å²) in [4.78, 5) is 47.7. The Kier molecular flexibility index (Phi) is 9.82. The molecule has 0 radical (unpaired) electrons. The number of amides is 1. The molecular weight excluding hydrogens is 589 g/mol. The number of nitrogens with zero attached hydrogens (tertiary/aromatic N) is 2. The average Bonchev–Trinajstić information content (AvgIpc) is 2.98. The van der Waals surface area contributed by atoms with Gasteiger partial charge in [-0.05, 0) is 72.8 Å². The van der Waals surface area contributed by atoms with Gasteiger partial charge < -0.3 is 14.2 Å². The fourth-order valence-corrected chi connectivity index (χ4v) is 3.54. The number of halogens is 2. The van der Waals surface area contributed by atoms with E-state index in [0.29, 0.717) is 10.0 Å². The van der Waals surface area contributed by atoms with Gasteiger partial charge in [-0.3, -0.25) is 14.9 Å². The lowest BCUT2D eigenvalue weighted by molar-refractivity contribution is -0.384. The molecule has 42 heavy (non-hydrogen) atoms. The van der Waals surface area contributed by atoms with Gasteiger partial charge in [0.2, 0.25) is 0 Å². The van der Waals surface area contributed by atoms with Gasteiger partial charge in [0.1, 0.15) is 17.2 Å². The first-order valence-corrected chi connectivity index (χ1v) is 12.7. The van der Waals surface area contributed by atoms with Crippen molar-refractivity contribution >= 4 is 52.9 Å². The zero-order valence-electron chi connectivity index (χ0n) is 21.4. The molecule has 0 aliphatic rings. The van der Waals surface area contributed by atoms with Crippen LogP contribution in [-0.4, -0.2) is 35.6 Å². The van der Waals surface area contributed by atoms with Gasteiger partial charge in [0.05, 0.1) is 22.3 Å². The highest BCUT2D eigenvalue weighted by molar-refractivity contribution is 6.31. The van der Waals surface area contributed by atoms with Crippen LogP contribution < -0.4 is 19.6 Å². The molecule has 0 saturated heterocycles. The summed E-state index contributed by atoms with van der Waals surface area (Å²) in [6.07, 6.45) is 1.22. The van der Waals surface area contributed by atoms with Gasteiger partial charge in [0.25, 0.3) is 11.6 Å². The lowest BCUT2D eigenvalue weighted by Gasteiger charge is -2.11. The fraction of sp³-hybridized carbons (Fsp3) is 0.0345. The molecule has 0 aliphatic carbocycles. The second-order valence-electron chi connectivity index (χ2n) is 8.33. The molecule has 4 aromatic carbocycles. The minimum atomic E-state index is -0.719. The third kappa shape index (κ3) is 8.37. The van der Waals surface area contributed by atoms with E-state index in [2.05, 4.69) is 10.5 Å². The Morgan fingerprint density at radius 3 is 1.90 bits per heavy atom. The quantitative estimate of drug-likeness (QED) is 0.0774. The summed E-state index contributed by atoms with van der Waals surface area (Å²) in [7, 11) is 0. The largest absolute Gasteiger partial charge is 0.484 e. The summed E-state index contributed by atoms with van der Waals surface area (Å²) in [6, 6.07) is 21.6. The van der Waals surface area contributed by atoms with E-state index in [1.54, 1.807) is 12.1 Å². The highest BCUT2D eigenvalue weighted by atomic mass is 35.5. The van der Waals surface area contributed by atoms with Crippen LogP contribution in [0.2, 0.25) is 10.0 Å². The Morgan fingerprint density at radius 2 is 1.33 bits per heavy atom. The smallest absolute Gasteiger partial charge is 0.343 e.